The number of hydrogen-bond donors (Lipinski definition) is 4. The second kappa shape index (κ2) is 24.9. The van der Waals surface area contributed by atoms with Crippen molar-refractivity contribution in [1.29, 1.82) is 0 Å². The normalized spacial score (nSPS) is 20.0. The number of allylic oxidation sites excluding steroid dienone is 2. The van der Waals surface area contributed by atoms with E-state index in [1.165, 1.54) is 70.4 Å². The van der Waals surface area contributed by atoms with Crippen LogP contribution in [0.15, 0.2) is 34.0 Å². The number of aliphatic hydroxyl groups excluding tert-OH is 1. The van der Waals surface area contributed by atoms with Crippen molar-refractivity contribution in [2.45, 2.75) is 147 Å². The highest BCUT2D eigenvalue weighted by Crippen LogP contribution is 2.37. The van der Waals surface area contributed by atoms with Gasteiger partial charge in [-0.3, -0.25) is 19.1 Å². The van der Waals surface area contributed by atoms with Gasteiger partial charge in [0.05, 0.1) is 6.61 Å². The van der Waals surface area contributed by atoms with Gasteiger partial charge < -0.3 is 19.9 Å². The molecule has 0 aliphatic carbocycles. The summed E-state index contributed by atoms with van der Waals surface area (Å²) in [4.78, 5) is 47.4. The summed E-state index contributed by atoms with van der Waals surface area (Å²) in [7, 11) is -3.02. The summed E-state index contributed by atoms with van der Waals surface area (Å²) < 4.78 is 29.2. The Hall–Kier alpha value is -2.21. The molecule has 2 unspecified atom stereocenters. The molecular formula is C33H57N3O9P+. The van der Waals surface area contributed by atoms with Gasteiger partial charge in [-0.1, -0.05) is 83.3 Å². The molecule has 2 heterocycles. The maximum Gasteiger partial charge on any atom is 0.695 e. The fraction of sp³-hybridized carbons (Fsp3) is 0.788. The molecule has 1 fully saturated rings. The first-order valence-electron chi connectivity index (χ1n) is 17.3. The Kier molecular flexibility index (Phi) is 21.6. The molecule has 0 bridgehead atoms. The van der Waals surface area contributed by atoms with Crippen molar-refractivity contribution in [2.75, 3.05) is 19.8 Å². The molecule has 46 heavy (non-hydrogen) atoms. The molecule has 0 radical (unpaired) electrons. The van der Waals surface area contributed by atoms with E-state index in [1.54, 1.807) is 0 Å². The smallest absolute Gasteiger partial charge is 0.394 e. The van der Waals surface area contributed by atoms with Crippen molar-refractivity contribution >= 4 is 14.2 Å². The Balaban J connectivity index is 1.52. The van der Waals surface area contributed by atoms with Crippen LogP contribution in [-0.2, 0) is 23.4 Å². The lowest BCUT2D eigenvalue weighted by Gasteiger charge is -2.22. The Bertz CT molecular complexity index is 1130. The predicted molar refractivity (Wildman–Crippen MR) is 178 cm³/mol. The molecule has 1 aromatic rings. The summed E-state index contributed by atoms with van der Waals surface area (Å²) in [5.74, 6) is 0.0948. The van der Waals surface area contributed by atoms with Crippen molar-refractivity contribution in [1.82, 2.24) is 14.9 Å². The van der Waals surface area contributed by atoms with Gasteiger partial charge in [0.15, 0.2) is 12.3 Å². The zero-order valence-corrected chi connectivity index (χ0v) is 28.5. The van der Waals surface area contributed by atoms with Crippen LogP contribution in [0.5, 0.6) is 0 Å². The third-order valence-corrected chi connectivity index (χ3v) is 8.60. The van der Waals surface area contributed by atoms with E-state index in [1.807, 2.05) is 0 Å². The minimum absolute atomic E-state index is 0.0948. The Morgan fingerprint density at radius 2 is 1.59 bits per heavy atom. The third-order valence-electron chi connectivity index (χ3n) is 8.17. The zero-order valence-electron chi connectivity index (χ0n) is 27.6. The number of aromatic nitrogens is 2. The van der Waals surface area contributed by atoms with Gasteiger partial charge in [-0.25, -0.2) is 4.79 Å². The van der Waals surface area contributed by atoms with Gasteiger partial charge in [0.25, 0.3) is 5.56 Å². The Morgan fingerprint density at radius 3 is 2.24 bits per heavy atom. The summed E-state index contributed by atoms with van der Waals surface area (Å²) in [5, 5.41) is 12.7. The van der Waals surface area contributed by atoms with Crippen molar-refractivity contribution in [3.8, 4) is 0 Å². The number of carbonyl (C=O) groups is 1. The molecule has 0 aromatic carbocycles. The van der Waals surface area contributed by atoms with Crippen LogP contribution in [0.1, 0.15) is 129 Å². The first kappa shape index (κ1) is 40.0. The molecule has 1 amide bonds. The van der Waals surface area contributed by atoms with Crippen molar-refractivity contribution in [3.05, 3.63) is 45.3 Å². The number of rotatable bonds is 27. The van der Waals surface area contributed by atoms with E-state index >= 15 is 0 Å². The molecule has 1 saturated heterocycles. The van der Waals surface area contributed by atoms with Crippen LogP contribution in [0.4, 0.5) is 0 Å². The number of hydrogen-bond acceptors (Lipinski definition) is 8. The molecule has 2 rings (SSSR count). The maximum atomic E-state index is 12.3. The van der Waals surface area contributed by atoms with Crippen molar-refractivity contribution in [3.63, 3.8) is 0 Å². The lowest BCUT2D eigenvalue weighted by atomic mass is 10.1. The van der Waals surface area contributed by atoms with Crippen LogP contribution in [0.2, 0.25) is 0 Å². The van der Waals surface area contributed by atoms with Crippen molar-refractivity contribution < 1.29 is 33.4 Å². The molecule has 1 aliphatic rings. The van der Waals surface area contributed by atoms with Gasteiger partial charge >= 0.3 is 13.9 Å². The summed E-state index contributed by atoms with van der Waals surface area (Å²) in [6, 6.07) is 1.15. The van der Waals surface area contributed by atoms with E-state index in [9.17, 15) is 28.9 Å². The van der Waals surface area contributed by atoms with Crippen LogP contribution in [0.25, 0.3) is 0 Å². The van der Waals surface area contributed by atoms with Gasteiger partial charge in [0.1, 0.15) is 12.2 Å². The summed E-state index contributed by atoms with van der Waals surface area (Å²) >= 11 is 0. The van der Waals surface area contributed by atoms with Crippen LogP contribution >= 0.6 is 8.25 Å². The standard InChI is InChI=1S/C33H56N3O9P/c1-2-3-4-5-6-7-8-9-10-11-12-13-14-15-18-21-28(38)34-23-19-16-17-20-25-43-31-30(45-46(41)42)27(26-37)44-32(31)36-24-22-29(39)35-33(36)40/h9-10,22,24,27,30-32,37H,2-8,11-21,23,25-26H2,1H3,(H2-,34,35,38,39,40,41,42)/p+1/b10-9-/t27-,30+,31?,32-/m1/s1. The average molecular weight is 671 g/mol. The van der Waals surface area contributed by atoms with E-state index in [2.05, 4.69) is 29.4 Å². The molecule has 13 heteroatoms. The van der Waals surface area contributed by atoms with Gasteiger partial charge in [0.2, 0.25) is 5.91 Å². The number of aliphatic hydroxyl groups is 1. The number of nitrogens with one attached hydrogen (secondary N) is 2. The minimum atomic E-state index is -3.02. The topological polar surface area (TPSA) is 169 Å². The van der Waals surface area contributed by atoms with E-state index in [4.69, 9.17) is 14.0 Å². The zero-order chi connectivity index (χ0) is 33.4. The van der Waals surface area contributed by atoms with Gasteiger partial charge in [-0.15, -0.1) is 9.42 Å². The van der Waals surface area contributed by atoms with Crippen molar-refractivity contribution in [2.24, 2.45) is 0 Å². The van der Waals surface area contributed by atoms with Crippen LogP contribution in [0, 0.1) is 0 Å². The number of nitrogens with zero attached hydrogens (tertiary/aromatic N) is 1. The Labute approximate surface area is 274 Å². The molecule has 4 N–H and O–H groups in total. The van der Waals surface area contributed by atoms with Crippen LogP contribution in [-0.4, -0.2) is 63.5 Å². The maximum absolute atomic E-state index is 12.3. The molecule has 1 aliphatic heterocycles. The van der Waals surface area contributed by atoms with E-state index in [-0.39, 0.29) is 12.5 Å². The fourth-order valence-electron chi connectivity index (χ4n) is 5.59. The highest BCUT2D eigenvalue weighted by atomic mass is 31.1. The summed E-state index contributed by atoms with van der Waals surface area (Å²) in [6.45, 7) is 2.60. The monoisotopic (exact) mass is 670 g/mol. The second-order valence-electron chi connectivity index (χ2n) is 12.0. The third kappa shape index (κ3) is 16.6. The first-order chi connectivity index (χ1) is 22.4. The molecule has 12 nitrogen and oxygen atoms in total. The number of ether oxygens (including phenoxy) is 2. The van der Waals surface area contributed by atoms with Crippen LogP contribution in [0.3, 0.4) is 0 Å². The van der Waals surface area contributed by atoms with E-state index < -0.39 is 50.7 Å². The highest BCUT2D eigenvalue weighted by Gasteiger charge is 2.51. The predicted octanol–water partition coefficient (Wildman–Crippen LogP) is 5.56. The first-order valence-corrected chi connectivity index (χ1v) is 18.4. The largest absolute Gasteiger partial charge is 0.695 e. The van der Waals surface area contributed by atoms with Gasteiger partial charge in [0, 0.05) is 36.4 Å². The van der Waals surface area contributed by atoms with Crippen LogP contribution < -0.4 is 16.6 Å². The molecule has 0 spiro atoms. The SMILES string of the molecule is CCCCCCCC/C=C\CCCCCCCC(=O)NCCCCCCOC1[C@@H](O[P+](=O)O)[C@@H](CO)O[C@H]1n1ccc(=O)[nH]c1=O. The lowest BCUT2D eigenvalue weighted by molar-refractivity contribution is -0.121. The second-order valence-corrected chi connectivity index (χ2v) is 12.7. The Morgan fingerprint density at radius 1 is 0.957 bits per heavy atom. The summed E-state index contributed by atoms with van der Waals surface area (Å²) in [5.41, 5.74) is -1.32. The van der Waals surface area contributed by atoms with E-state index in [0.29, 0.717) is 19.4 Å². The fourth-order valence-corrected chi connectivity index (χ4v) is 6.05. The number of amides is 1. The van der Waals surface area contributed by atoms with Gasteiger partial charge in [-0.05, 0) is 44.9 Å². The average Bonchev–Trinajstić information content (AvgIpc) is 3.36. The number of H-pyrrole nitrogens is 1. The quantitative estimate of drug-likeness (QED) is 0.0532. The van der Waals surface area contributed by atoms with E-state index in [0.717, 1.165) is 49.2 Å². The molecular weight excluding hydrogens is 613 g/mol. The minimum Gasteiger partial charge on any atom is -0.394 e. The number of aromatic amines is 1. The molecule has 5 atom stereocenters. The number of unbranched alkanes of at least 4 members (excludes halogenated alkanes) is 14. The number of carbonyl (C=O) groups excluding carboxylic acids is 1. The molecule has 262 valence electrons. The van der Waals surface area contributed by atoms with Gasteiger partial charge in [-0.2, -0.15) is 0 Å². The molecule has 1 aromatic heterocycles. The lowest BCUT2D eigenvalue weighted by Crippen LogP contribution is -2.40. The summed E-state index contributed by atoms with van der Waals surface area (Å²) in [6.07, 6.45) is 21.6. The molecule has 0 saturated carbocycles. The highest BCUT2D eigenvalue weighted by molar-refractivity contribution is 7.32.